The van der Waals surface area contributed by atoms with E-state index in [1.165, 1.54) is 24.9 Å². The minimum Gasteiger partial charge on any atom is -0.369 e. The van der Waals surface area contributed by atoms with Crippen LogP contribution in [0, 0.1) is 0 Å². The Hall–Kier alpha value is -0.760. The van der Waals surface area contributed by atoms with Gasteiger partial charge in [-0.3, -0.25) is 0 Å². The minimum absolute atomic E-state index is 0.584. The molecule has 1 atom stereocenters. The quantitative estimate of drug-likeness (QED) is 0.663. The molecule has 0 aromatic carbocycles. The molecule has 1 aliphatic rings. The van der Waals surface area contributed by atoms with Crippen LogP contribution in [0.25, 0.3) is 0 Å². The van der Waals surface area contributed by atoms with Crippen LogP contribution in [0.3, 0.4) is 0 Å². The Morgan fingerprint density at radius 2 is 2.36 bits per heavy atom. The van der Waals surface area contributed by atoms with Gasteiger partial charge in [-0.2, -0.15) is 0 Å². The normalized spacial score (nSPS) is 22.4. The fourth-order valence-corrected chi connectivity index (χ4v) is 2.22. The van der Waals surface area contributed by atoms with E-state index >= 15 is 0 Å². The van der Waals surface area contributed by atoms with Crippen molar-refractivity contribution in [3.8, 4) is 0 Å². The number of rotatable bonds is 1. The summed E-state index contributed by atoms with van der Waals surface area (Å²) in [6.07, 6.45) is 5.68. The van der Waals surface area contributed by atoms with Crippen LogP contribution in [0.15, 0.2) is 18.3 Å². The highest BCUT2D eigenvalue weighted by Crippen LogP contribution is 2.25. The van der Waals surface area contributed by atoms with E-state index in [1.54, 1.807) is 6.20 Å². The van der Waals surface area contributed by atoms with Crippen molar-refractivity contribution in [2.75, 3.05) is 11.4 Å². The maximum Gasteiger partial charge on any atom is 0.131 e. The molecule has 0 aliphatic carbocycles. The molecule has 2 rings (SSSR count). The topological polar surface area (TPSA) is 16.1 Å². The lowest BCUT2D eigenvalue weighted by atomic mass is 10.0. The standard InChI is InChI=1S/C11H15ClN2/c1-9-4-2-3-7-14(9)10-5-6-13-11(12)8-10/h5-6,8-9H,2-4,7H2,1H3/t9-/m1/s1. The van der Waals surface area contributed by atoms with Gasteiger partial charge in [0.2, 0.25) is 0 Å². The van der Waals surface area contributed by atoms with Gasteiger partial charge in [0.15, 0.2) is 0 Å². The molecule has 3 heteroatoms. The molecule has 0 unspecified atom stereocenters. The van der Waals surface area contributed by atoms with Gasteiger partial charge in [-0.05, 0) is 38.3 Å². The number of piperidine rings is 1. The van der Waals surface area contributed by atoms with Gasteiger partial charge < -0.3 is 4.90 Å². The van der Waals surface area contributed by atoms with Crippen LogP contribution in [0.4, 0.5) is 5.69 Å². The molecule has 0 bridgehead atoms. The second-order valence-electron chi connectivity index (χ2n) is 3.87. The first-order valence-corrected chi connectivity index (χ1v) is 5.53. The Morgan fingerprint density at radius 3 is 3.07 bits per heavy atom. The van der Waals surface area contributed by atoms with Gasteiger partial charge >= 0.3 is 0 Å². The summed E-state index contributed by atoms with van der Waals surface area (Å²) in [6, 6.07) is 4.61. The first-order chi connectivity index (χ1) is 6.77. The summed E-state index contributed by atoms with van der Waals surface area (Å²) in [5.74, 6) is 0. The monoisotopic (exact) mass is 210 g/mol. The third-order valence-corrected chi connectivity index (χ3v) is 3.05. The summed E-state index contributed by atoms with van der Waals surface area (Å²) in [5.41, 5.74) is 1.21. The molecule has 0 spiro atoms. The minimum atomic E-state index is 0.584. The molecule has 0 saturated carbocycles. The molecular formula is C11H15ClN2. The second-order valence-corrected chi connectivity index (χ2v) is 4.26. The SMILES string of the molecule is C[C@@H]1CCCCN1c1ccnc(Cl)c1. The van der Waals surface area contributed by atoms with Crippen molar-refractivity contribution >= 4 is 17.3 Å². The summed E-state index contributed by atoms with van der Waals surface area (Å²) in [7, 11) is 0. The van der Waals surface area contributed by atoms with Gasteiger partial charge in [-0.15, -0.1) is 0 Å². The Labute approximate surface area is 89.9 Å². The molecule has 0 amide bonds. The first kappa shape index (κ1) is 9.78. The number of hydrogen-bond donors (Lipinski definition) is 0. The highest BCUT2D eigenvalue weighted by molar-refractivity contribution is 6.29. The molecule has 0 N–H and O–H groups in total. The molecule has 1 saturated heterocycles. The molecule has 1 aromatic heterocycles. The highest BCUT2D eigenvalue weighted by Gasteiger charge is 2.18. The Bertz CT molecular complexity index is 314. The van der Waals surface area contributed by atoms with Crippen LogP contribution in [-0.2, 0) is 0 Å². The first-order valence-electron chi connectivity index (χ1n) is 5.15. The van der Waals surface area contributed by atoms with Crippen LogP contribution in [0.2, 0.25) is 5.15 Å². The van der Waals surface area contributed by atoms with Crippen molar-refractivity contribution in [2.45, 2.75) is 32.2 Å². The lowest BCUT2D eigenvalue weighted by molar-refractivity contribution is 0.485. The van der Waals surface area contributed by atoms with Crippen LogP contribution < -0.4 is 4.90 Å². The number of nitrogens with zero attached hydrogens (tertiary/aromatic N) is 2. The van der Waals surface area contributed by atoms with E-state index in [9.17, 15) is 0 Å². The number of hydrogen-bond acceptors (Lipinski definition) is 2. The molecule has 14 heavy (non-hydrogen) atoms. The predicted octanol–water partition coefficient (Wildman–Crippen LogP) is 3.11. The lowest BCUT2D eigenvalue weighted by Crippen LogP contribution is -2.37. The lowest BCUT2D eigenvalue weighted by Gasteiger charge is -2.35. The van der Waals surface area contributed by atoms with E-state index in [0.29, 0.717) is 11.2 Å². The second kappa shape index (κ2) is 4.18. The molecule has 2 nitrogen and oxygen atoms in total. The van der Waals surface area contributed by atoms with Crippen LogP contribution in [0.5, 0.6) is 0 Å². The summed E-state index contributed by atoms with van der Waals surface area (Å²) >= 11 is 5.87. The third-order valence-electron chi connectivity index (χ3n) is 2.84. The van der Waals surface area contributed by atoms with Crippen molar-refractivity contribution in [3.63, 3.8) is 0 Å². The molecule has 2 heterocycles. The van der Waals surface area contributed by atoms with Gasteiger partial charge in [-0.25, -0.2) is 4.98 Å². The zero-order valence-corrected chi connectivity index (χ0v) is 9.17. The smallest absolute Gasteiger partial charge is 0.131 e. The van der Waals surface area contributed by atoms with Crippen molar-refractivity contribution in [3.05, 3.63) is 23.5 Å². The summed E-state index contributed by atoms with van der Waals surface area (Å²) < 4.78 is 0. The summed E-state index contributed by atoms with van der Waals surface area (Å²) in [5, 5.41) is 0.584. The van der Waals surface area contributed by atoms with Crippen LogP contribution >= 0.6 is 11.6 Å². The van der Waals surface area contributed by atoms with Crippen molar-refractivity contribution in [2.24, 2.45) is 0 Å². The largest absolute Gasteiger partial charge is 0.369 e. The zero-order valence-electron chi connectivity index (χ0n) is 8.41. The Kier molecular flexibility index (Phi) is 2.92. The number of pyridine rings is 1. The summed E-state index contributed by atoms with van der Waals surface area (Å²) in [6.45, 7) is 3.41. The maximum absolute atomic E-state index is 5.87. The summed E-state index contributed by atoms with van der Waals surface area (Å²) in [4.78, 5) is 6.41. The number of anilines is 1. The molecular weight excluding hydrogens is 196 g/mol. The molecule has 1 aliphatic heterocycles. The number of aromatic nitrogens is 1. The van der Waals surface area contributed by atoms with Gasteiger partial charge in [0, 0.05) is 24.5 Å². The van der Waals surface area contributed by atoms with Gasteiger partial charge in [0.25, 0.3) is 0 Å². The van der Waals surface area contributed by atoms with E-state index in [2.05, 4.69) is 16.8 Å². The fraction of sp³-hybridized carbons (Fsp3) is 0.545. The van der Waals surface area contributed by atoms with E-state index in [0.717, 1.165) is 6.54 Å². The molecule has 1 aromatic rings. The maximum atomic E-state index is 5.87. The van der Waals surface area contributed by atoms with Gasteiger partial charge in [0.1, 0.15) is 5.15 Å². The van der Waals surface area contributed by atoms with E-state index in [4.69, 9.17) is 11.6 Å². The van der Waals surface area contributed by atoms with Gasteiger partial charge in [0.05, 0.1) is 0 Å². The zero-order chi connectivity index (χ0) is 9.97. The predicted molar refractivity (Wildman–Crippen MR) is 59.9 cm³/mol. The van der Waals surface area contributed by atoms with Crippen LogP contribution in [0.1, 0.15) is 26.2 Å². The van der Waals surface area contributed by atoms with E-state index in [-0.39, 0.29) is 0 Å². The van der Waals surface area contributed by atoms with Crippen molar-refractivity contribution < 1.29 is 0 Å². The number of halogens is 1. The van der Waals surface area contributed by atoms with Crippen molar-refractivity contribution in [1.29, 1.82) is 0 Å². The van der Waals surface area contributed by atoms with Crippen LogP contribution in [-0.4, -0.2) is 17.6 Å². The molecule has 0 radical (unpaired) electrons. The average molecular weight is 211 g/mol. The average Bonchev–Trinajstić information content (AvgIpc) is 2.18. The molecule has 1 fully saturated rings. The van der Waals surface area contributed by atoms with Crippen molar-refractivity contribution in [1.82, 2.24) is 4.98 Å². The highest BCUT2D eigenvalue weighted by atomic mass is 35.5. The van der Waals surface area contributed by atoms with E-state index < -0.39 is 0 Å². The fourth-order valence-electron chi connectivity index (χ4n) is 2.05. The van der Waals surface area contributed by atoms with E-state index in [1.807, 2.05) is 12.1 Å². The Morgan fingerprint density at radius 1 is 1.50 bits per heavy atom. The third kappa shape index (κ3) is 2.01. The van der Waals surface area contributed by atoms with Gasteiger partial charge in [-0.1, -0.05) is 11.6 Å². The molecule has 76 valence electrons. The Balaban J connectivity index is 2.20.